The number of aromatic nitrogens is 1. The van der Waals surface area contributed by atoms with Gasteiger partial charge in [0.1, 0.15) is 12.1 Å². The Kier molecular flexibility index (Phi) is 6.69. The first-order valence-electron chi connectivity index (χ1n) is 10.1. The molecule has 1 aliphatic rings. The number of hydrogen-bond donors (Lipinski definition) is 1. The number of pyridine rings is 1. The third kappa shape index (κ3) is 6.42. The number of alkyl carbamates (subject to hydrolysis) is 1. The molecule has 0 aliphatic carbocycles. The second-order valence-corrected chi connectivity index (χ2v) is 8.42. The molecule has 1 aromatic carbocycles. The second kappa shape index (κ2) is 9.22. The van der Waals surface area contributed by atoms with E-state index >= 15 is 0 Å². The number of nitrogens with zero attached hydrogens (tertiary/aromatic N) is 3. The largest absolute Gasteiger partial charge is 0.444 e. The summed E-state index contributed by atoms with van der Waals surface area (Å²) >= 11 is 0. The van der Waals surface area contributed by atoms with Crippen molar-refractivity contribution in [2.24, 2.45) is 0 Å². The lowest BCUT2D eigenvalue weighted by atomic mass is 10.1. The van der Waals surface area contributed by atoms with E-state index < -0.39 is 11.7 Å². The van der Waals surface area contributed by atoms with Crippen LogP contribution in [0.3, 0.4) is 0 Å². The molecule has 0 radical (unpaired) electrons. The number of rotatable bonds is 4. The zero-order chi connectivity index (χ0) is 20.9. The maximum Gasteiger partial charge on any atom is 0.408 e. The van der Waals surface area contributed by atoms with Crippen LogP contribution in [0.5, 0.6) is 0 Å². The van der Waals surface area contributed by atoms with Crippen LogP contribution in [0.4, 0.5) is 4.79 Å². The average Bonchev–Trinajstić information content (AvgIpc) is 2.90. The van der Waals surface area contributed by atoms with Gasteiger partial charge in [0.15, 0.2) is 0 Å². The zero-order valence-electron chi connectivity index (χ0n) is 17.5. The molecule has 0 spiro atoms. The molecule has 2 amide bonds. The Morgan fingerprint density at radius 1 is 1.10 bits per heavy atom. The van der Waals surface area contributed by atoms with Crippen LogP contribution in [-0.2, 0) is 16.1 Å². The van der Waals surface area contributed by atoms with E-state index in [-0.39, 0.29) is 12.5 Å². The van der Waals surface area contributed by atoms with Crippen molar-refractivity contribution in [3.63, 3.8) is 0 Å². The number of nitrogens with one attached hydrogen (secondary N) is 1. The molecule has 2 aromatic rings. The highest BCUT2D eigenvalue weighted by atomic mass is 16.6. The van der Waals surface area contributed by atoms with Crippen LogP contribution in [-0.4, -0.2) is 65.1 Å². The fraction of sp³-hybridized carbons (Fsp3) is 0.500. The van der Waals surface area contributed by atoms with Crippen LogP contribution in [0.15, 0.2) is 36.7 Å². The van der Waals surface area contributed by atoms with E-state index in [4.69, 9.17) is 4.74 Å². The minimum atomic E-state index is -0.574. The van der Waals surface area contributed by atoms with Crippen LogP contribution < -0.4 is 5.32 Å². The van der Waals surface area contributed by atoms with Gasteiger partial charge < -0.3 is 15.0 Å². The highest BCUT2D eigenvalue weighted by Crippen LogP contribution is 2.17. The van der Waals surface area contributed by atoms with Gasteiger partial charge in [-0.05, 0) is 50.3 Å². The predicted octanol–water partition coefficient (Wildman–Crippen LogP) is 2.79. The maximum atomic E-state index is 12.5. The quantitative estimate of drug-likeness (QED) is 0.857. The molecule has 3 rings (SSSR count). The minimum absolute atomic E-state index is 0.0341. The first-order valence-corrected chi connectivity index (χ1v) is 10.1. The number of hydrogen-bond acceptors (Lipinski definition) is 5. The van der Waals surface area contributed by atoms with E-state index in [1.54, 1.807) is 20.8 Å². The van der Waals surface area contributed by atoms with Gasteiger partial charge in [-0.15, -0.1) is 0 Å². The molecule has 7 nitrogen and oxygen atoms in total. The number of ether oxygens (including phenoxy) is 1. The highest BCUT2D eigenvalue weighted by molar-refractivity contribution is 5.82. The number of carbonyl (C=O) groups is 2. The Balaban J connectivity index is 1.49. The Bertz CT molecular complexity index is 863. The van der Waals surface area contributed by atoms with Crippen molar-refractivity contribution in [3.05, 3.63) is 42.2 Å². The Labute approximate surface area is 172 Å². The number of benzene rings is 1. The summed E-state index contributed by atoms with van der Waals surface area (Å²) in [6.07, 6.45) is 4.04. The van der Waals surface area contributed by atoms with E-state index in [1.165, 1.54) is 10.9 Å². The number of fused-ring (bicyclic) bond motifs is 1. The summed E-state index contributed by atoms with van der Waals surface area (Å²) in [5.41, 5.74) is 0.685. The standard InChI is InChI=1S/C22H30N4O3/c1-22(2,3)29-21(28)24-15-20(27)26-10-4-9-25(11-12-26)16-17-5-6-19-14-23-8-7-18(19)13-17/h5-8,13-14H,4,9-12,15-16H2,1-3H3,(H,24,28). The summed E-state index contributed by atoms with van der Waals surface area (Å²) in [6, 6.07) is 8.48. The van der Waals surface area contributed by atoms with E-state index in [0.717, 1.165) is 31.4 Å². The lowest BCUT2D eigenvalue weighted by Crippen LogP contribution is -2.43. The molecule has 1 saturated heterocycles. The van der Waals surface area contributed by atoms with Crippen LogP contribution >= 0.6 is 0 Å². The number of amides is 2. The third-order valence-electron chi connectivity index (χ3n) is 4.84. The summed E-state index contributed by atoms with van der Waals surface area (Å²) in [5, 5.41) is 4.89. The van der Waals surface area contributed by atoms with Crippen LogP contribution in [0, 0.1) is 0 Å². The Morgan fingerprint density at radius 3 is 2.72 bits per heavy atom. The summed E-state index contributed by atoms with van der Waals surface area (Å²) in [5.74, 6) is -0.0732. The fourth-order valence-electron chi connectivity index (χ4n) is 3.44. The smallest absolute Gasteiger partial charge is 0.408 e. The third-order valence-corrected chi connectivity index (χ3v) is 4.84. The molecule has 0 atom stereocenters. The van der Waals surface area contributed by atoms with E-state index in [1.807, 2.05) is 23.4 Å². The monoisotopic (exact) mass is 398 g/mol. The van der Waals surface area contributed by atoms with Crippen molar-refractivity contribution < 1.29 is 14.3 Å². The molecule has 156 valence electrons. The average molecular weight is 399 g/mol. The van der Waals surface area contributed by atoms with Crippen LogP contribution in [0.1, 0.15) is 32.8 Å². The summed E-state index contributed by atoms with van der Waals surface area (Å²) < 4.78 is 5.18. The normalized spacial score (nSPS) is 15.8. The molecule has 1 aliphatic heterocycles. The van der Waals surface area contributed by atoms with Crippen molar-refractivity contribution in [3.8, 4) is 0 Å². The highest BCUT2D eigenvalue weighted by Gasteiger charge is 2.21. The predicted molar refractivity (Wildman–Crippen MR) is 112 cm³/mol. The molecular formula is C22H30N4O3. The molecule has 0 unspecified atom stereocenters. The molecule has 0 bridgehead atoms. The maximum absolute atomic E-state index is 12.5. The van der Waals surface area contributed by atoms with Gasteiger partial charge in [-0.2, -0.15) is 0 Å². The van der Waals surface area contributed by atoms with E-state index in [9.17, 15) is 9.59 Å². The van der Waals surface area contributed by atoms with Gasteiger partial charge in [0.25, 0.3) is 0 Å². The van der Waals surface area contributed by atoms with Gasteiger partial charge in [-0.3, -0.25) is 14.7 Å². The van der Waals surface area contributed by atoms with E-state index in [0.29, 0.717) is 13.1 Å². The molecule has 29 heavy (non-hydrogen) atoms. The van der Waals surface area contributed by atoms with Crippen molar-refractivity contribution in [2.45, 2.75) is 39.3 Å². The molecule has 1 aromatic heterocycles. The second-order valence-electron chi connectivity index (χ2n) is 8.42. The van der Waals surface area contributed by atoms with Crippen molar-refractivity contribution >= 4 is 22.8 Å². The Morgan fingerprint density at radius 2 is 1.93 bits per heavy atom. The Hall–Kier alpha value is -2.67. The topological polar surface area (TPSA) is 74.8 Å². The van der Waals surface area contributed by atoms with Crippen LogP contribution in [0.2, 0.25) is 0 Å². The minimum Gasteiger partial charge on any atom is -0.444 e. The molecule has 1 N–H and O–H groups in total. The lowest BCUT2D eigenvalue weighted by molar-refractivity contribution is -0.130. The van der Waals surface area contributed by atoms with Gasteiger partial charge >= 0.3 is 6.09 Å². The summed E-state index contributed by atoms with van der Waals surface area (Å²) in [7, 11) is 0. The zero-order valence-corrected chi connectivity index (χ0v) is 17.5. The van der Waals surface area contributed by atoms with Gasteiger partial charge in [-0.25, -0.2) is 4.79 Å². The van der Waals surface area contributed by atoms with E-state index in [2.05, 4.69) is 33.4 Å². The van der Waals surface area contributed by atoms with Gasteiger partial charge in [0.2, 0.25) is 5.91 Å². The molecule has 7 heteroatoms. The first-order chi connectivity index (χ1) is 13.8. The summed E-state index contributed by atoms with van der Waals surface area (Å²) in [4.78, 5) is 32.6. The molecular weight excluding hydrogens is 368 g/mol. The van der Waals surface area contributed by atoms with Crippen molar-refractivity contribution in [2.75, 3.05) is 32.7 Å². The summed E-state index contributed by atoms with van der Waals surface area (Å²) in [6.45, 7) is 9.33. The molecule has 2 heterocycles. The van der Waals surface area contributed by atoms with Gasteiger partial charge in [0.05, 0.1) is 0 Å². The first kappa shape index (κ1) is 21.0. The van der Waals surface area contributed by atoms with Crippen molar-refractivity contribution in [1.82, 2.24) is 20.1 Å². The molecule has 0 saturated carbocycles. The fourth-order valence-corrected chi connectivity index (χ4v) is 3.44. The SMILES string of the molecule is CC(C)(C)OC(=O)NCC(=O)N1CCCN(Cc2ccc3cnccc3c2)CC1. The van der Waals surface area contributed by atoms with Crippen molar-refractivity contribution in [1.29, 1.82) is 0 Å². The lowest BCUT2D eigenvalue weighted by Gasteiger charge is -2.23. The van der Waals surface area contributed by atoms with Gasteiger partial charge in [-0.1, -0.05) is 12.1 Å². The van der Waals surface area contributed by atoms with Gasteiger partial charge in [0, 0.05) is 50.5 Å². The molecule has 1 fully saturated rings. The number of carbonyl (C=O) groups excluding carboxylic acids is 2. The van der Waals surface area contributed by atoms with Crippen LogP contribution in [0.25, 0.3) is 10.8 Å².